The lowest BCUT2D eigenvalue weighted by molar-refractivity contribution is 0.286. The molecule has 0 aromatic heterocycles. The minimum atomic E-state index is 0.813. The third-order valence-corrected chi connectivity index (χ3v) is 4.03. The second-order valence-electron chi connectivity index (χ2n) is 6.01. The Bertz CT molecular complexity index is 412. The van der Waals surface area contributed by atoms with E-state index in [0.29, 0.717) is 0 Å². The van der Waals surface area contributed by atoms with Gasteiger partial charge in [0.15, 0.2) is 0 Å². The molecule has 118 valence electrons. The molecule has 0 unspecified atom stereocenters. The first-order valence-corrected chi connectivity index (χ1v) is 8.45. The summed E-state index contributed by atoms with van der Waals surface area (Å²) < 4.78 is 5.88. The van der Waals surface area contributed by atoms with Crippen molar-refractivity contribution in [3.63, 3.8) is 0 Å². The van der Waals surface area contributed by atoms with Gasteiger partial charge in [0, 0.05) is 13.1 Å². The fraction of sp³-hybridized carbons (Fsp3) is 0.667. The predicted octanol–water partition coefficient (Wildman–Crippen LogP) is 3.01. The topological polar surface area (TPSA) is 24.5 Å². The summed E-state index contributed by atoms with van der Waals surface area (Å²) in [5.74, 6) is 1.08. The van der Waals surface area contributed by atoms with Gasteiger partial charge in [-0.3, -0.25) is 0 Å². The van der Waals surface area contributed by atoms with E-state index in [0.717, 1.165) is 31.7 Å². The third-order valence-electron chi connectivity index (χ3n) is 4.03. The molecule has 21 heavy (non-hydrogen) atoms. The van der Waals surface area contributed by atoms with E-state index in [9.17, 15) is 0 Å². The fourth-order valence-electron chi connectivity index (χ4n) is 2.87. The number of rotatable bonds is 7. The van der Waals surface area contributed by atoms with Crippen molar-refractivity contribution < 1.29 is 4.74 Å². The Balaban J connectivity index is 1.84. The summed E-state index contributed by atoms with van der Waals surface area (Å²) in [7, 11) is 0. The first-order chi connectivity index (χ1) is 10.3. The zero-order valence-corrected chi connectivity index (χ0v) is 13.7. The Hall–Kier alpha value is -1.06. The van der Waals surface area contributed by atoms with Crippen LogP contribution in [0.15, 0.2) is 18.2 Å². The van der Waals surface area contributed by atoms with Gasteiger partial charge in [0.25, 0.3) is 0 Å². The first kappa shape index (κ1) is 16.3. The van der Waals surface area contributed by atoms with Gasteiger partial charge in [-0.05, 0) is 63.9 Å². The number of aryl methyl sites for hydroxylation is 2. The van der Waals surface area contributed by atoms with E-state index in [1.54, 1.807) is 0 Å². The van der Waals surface area contributed by atoms with Gasteiger partial charge in [0.2, 0.25) is 0 Å². The van der Waals surface area contributed by atoms with Crippen LogP contribution in [-0.4, -0.2) is 44.2 Å². The van der Waals surface area contributed by atoms with E-state index in [2.05, 4.69) is 42.3 Å². The molecule has 2 rings (SSSR count). The van der Waals surface area contributed by atoms with Crippen LogP contribution in [-0.2, 0) is 6.42 Å². The Morgan fingerprint density at radius 3 is 3.00 bits per heavy atom. The summed E-state index contributed by atoms with van der Waals surface area (Å²) in [4.78, 5) is 2.59. The molecule has 0 radical (unpaired) electrons. The van der Waals surface area contributed by atoms with Crippen LogP contribution in [0.5, 0.6) is 5.75 Å². The molecule has 0 aliphatic carbocycles. The highest BCUT2D eigenvalue weighted by Crippen LogP contribution is 2.22. The molecule has 1 N–H and O–H groups in total. The van der Waals surface area contributed by atoms with Crippen LogP contribution in [0.3, 0.4) is 0 Å². The second kappa shape index (κ2) is 9.06. The zero-order chi connectivity index (χ0) is 14.9. The van der Waals surface area contributed by atoms with Crippen molar-refractivity contribution in [1.82, 2.24) is 10.2 Å². The van der Waals surface area contributed by atoms with Crippen molar-refractivity contribution in [3.05, 3.63) is 29.3 Å². The predicted molar refractivity (Wildman–Crippen MR) is 89.2 cm³/mol. The lowest BCUT2D eigenvalue weighted by atomic mass is 10.1. The fourth-order valence-corrected chi connectivity index (χ4v) is 2.87. The van der Waals surface area contributed by atoms with Crippen molar-refractivity contribution in [2.75, 3.05) is 39.3 Å². The molecule has 1 aromatic rings. The first-order valence-electron chi connectivity index (χ1n) is 8.45. The number of nitrogens with one attached hydrogen (secondary N) is 1. The van der Waals surface area contributed by atoms with Gasteiger partial charge in [-0.25, -0.2) is 0 Å². The molecule has 0 spiro atoms. The average Bonchev–Trinajstić information content (AvgIpc) is 2.75. The molecule has 0 saturated carbocycles. The Kier molecular flexibility index (Phi) is 7.04. The molecule has 1 aliphatic heterocycles. The number of ether oxygens (including phenoxy) is 1. The summed E-state index contributed by atoms with van der Waals surface area (Å²) in [6, 6.07) is 6.57. The smallest absolute Gasteiger partial charge is 0.122 e. The molecule has 1 saturated heterocycles. The van der Waals surface area contributed by atoms with E-state index in [4.69, 9.17) is 4.74 Å². The molecule has 0 bridgehead atoms. The summed E-state index contributed by atoms with van der Waals surface area (Å²) in [6.07, 6.45) is 4.67. The van der Waals surface area contributed by atoms with Crippen LogP contribution >= 0.6 is 0 Å². The number of hydrogen-bond donors (Lipinski definition) is 1. The van der Waals surface area contributed by atoms with Crippen LogP contribution in [0.2, 0.25) is 0 Å². The van der Waals surface area contributed by atoms with Crippen molar-refractivity contribution in [2.24, 2.45) is 0 Å². The molecule has 0 atom stereocenters. The van der Waals surface area contributed by atoms with Gasteiger partial charge < -0.3 is 15.0 Å². The molecule has 1 heterocycles. The van der Waals surface area contributed by atoms with Crippen molar-refractivity contribution in [1.29, 1.82) is 0 Å². The van der Waals surface area contributed by atoms with Crippen LogP contribution in [0.25, 0.3) is 0 Å². The largest absolute Gasteiger partial charge is 0.493 e. The molecule has 1 aromatic carbocycles. The number of nitrogens with zero attached hydrogens (tertiary/aromatic N) is 1. The number of hydrogen-bond acceptors (Lipinski definition) is 3. The molecule has 1 fully saturated rings. The van der Waals surface area contributed by atoms with E-state index in [-0.39, 0.29) is 0 Å². The Morgan fingerprint density at radius 1 is 1.24 bits per heavy atom. The molecular formula is C18H30N2O. The maximum absolute atomic E-state index is 5.88. The van der Waals surface area contributed by atoms with E-state index < -0.39 is 0 Å². The minimum absolute atomic E-state index is 0.813. The maximum Gasteiger partial charge on any atom is 0.122 e. The van der Waals surface area contributed by atoms with Gasteiger partial charge in [-0.15, -0.1) is 0 Å². The van der Waals surface area contributed by atoms with Crippen LogP contribution in [0.4, 0.5) is 0 Å². The second-order valence-corrected chi connectivity index (χ2v) is 6.01. The quantitative estimate of drug-likeness (QED) is 0.835. The van der Waals surface area contributed by atoms with Crippen molar-refractivity contribution in [2.45, 2.75) is 39.5 Å². The molecule has 3 nitrogen and oxygen atoms in total. The van der Waals surface area contributed by atoms with E-state index >= 15 is 0 Å². The summed E-state index contributed by atoms with van der Waals surface area (Å²) in [5, 5.41) is 3.46. The van der Waals surface area contributed by atoms with Gasteiger partial charge in [0.1, 0.15) is 5.75 Å². The molecule has 3 heteroatoms. The summed E-state index contributed by atoms with van der Waals surface area (Å²) >= 11 is 0. The Morgan fingerprint density at radius 2 is 2.14 bits per heavy atom. The summed E-state index contributed by atoms with van der Waals surface area (Å²) in [5.41, 5.74) is 2.70. The summed E-state index contributed by atoms with van der Waals surface area (Å²) in [6.45, 7) is 11.1. The average molecular weight is 290 g/mol. The highest BCUT2D eigenvalue weighted by Gasteiger charge is 2.09. The zero-order valence-electron chi connectivity index (χ0n) is 13.7. The van der Waals surface area contributed by atoms with Crippen LogP contribution < -0.4 is 10.1 Å². The van der Waals surface area contributed by atoms with Gasteiger partial charge in [-0.1, -0.05) is 24.6 Å². The van der Waals surface area contributed by atoms with E-state index in [1.165, 1.54) is 50.1 Å². The maximum atomic E-state index is 5.88. The molecular weight excluding hydrogens is 260 g/mol. The van der Waals surface area contributed by atoms with Crippen molar-refractivity contribution in [3.8, 4) is 5.75 Å². The lowest BCUT2D eigenvalue weighted by Gasteiger charge is -2.19. The SMILES string of the molecule is CCCOc1ccc(C)cc1CCCN1CCCNCC1. The van der Waals surface area contributed by atoms with Crippen LogP contribution in [0.1, 0.15) is 37.3 Å². The normalized spacial score (nSPS) is 16.7. The molecule has 0 amide bonds. The third kappa shape index (κ3) is 5.68. The lowest BCUT2D eigenvalue weighted by Crippen LogP contribution is -2.29. The minimum Gasteiger partial charge on any atom is -0.493 e. The van der Waals surface area contributed by atoms with Gasteiger partial charge in [-0.2, -0.15) is 0 Å². The molecule has 1 aliphatic rings. The van der Waals surface area contributed by atoms with E-state index in [1.807, 2.05) is 0 Å². The standard InChI is InChI=1S/C18H30N2O/c1-3-14-21-18-8-7-16(2)15-17(18)6-4-11-20-12-5-9-19-10-13-20/h7-8,15,19H,3-6,9-14H2,1-2H3. The highest BCUT2D eigenvalue weighted by molar-refractivity contribution is 5.37. The van der Waals surface area contributed by atoms with Crippen molar-refractivity contribution >= 4 is 0 Å². The highest BCUT2D eigenvalue weighted by atomic mass is 16.5. The number of benzene rings is 1. The van der Waals surface area contributed by atoms with Crippen LogP contribution in [0, 0.1) is 6.92 Å². The Labute approximate surface area is 129 Å². The monoisotopic (exact) mass is 290 g/mol. The van der Waals surface area contributed by atoms with Gasteiger partial charge in [0.05, 0.1) is 6.61 Å². The van der Waals surface area contributed by atoms with Gasteiger partial charge >= 0.3 is 0 Å².